The predicted molar refractivity (Wildman–Crippen MR) is 114 cm³/mol. The second-order valence-corrected chi connectivity index (χ2v) is 6.16. The molecule has 0 bridgehead atoms. The molecule has 4 rings (SSSR count). The lowest BCUT2D eigenvalue weighted by Crippen LogP contribution is -2.22. The fourth-order valence-electron chi connectivity index (χ4n) is 3.07. The molecular weight excluding hydrogens is 439 g/mol. The second kappa shape index (κ2) is 8.31. The number of aliphatic imine (C=N–C) groups is 1. The standard InChI is InChI=1S/C19H20N6.HI/c20-19(24-17-6-5-15-2-1-3-16(15)10-17)23-12-14-4-7-18(22-11-14)25-9-8-21-13-25;/h4-11,13H,1-3,12H2,(H3,20,23,24);1H. The van der Waals surface area contributed by atoms with Gasteiger partial charge in [-0.25, -0.2) is 15.0 Å². The summed E-state index contributed by atoms with van der Waals surface area (Å²) in [4.78, 5) is 12.8. The van der Waals surface area contributed by atoms with Crippen LogP contribution in [0.25, 0.3) is 5.82 Å². The van der Waals surface area contributed by atoms with Crippen molar-refractivity contribution < 1.29 is 0 Å². The van der Waals surface area contributed by atoms with Crippen LogP contribution < -0.4 is 11.1 Å². The molecule has 0 saturated heterocycles. The molecule has 7 heteroatoms. The van der Waals surface area contributed by atoms with Gasteiger partial charge in [-0.05, 0) is 54.2 Å². The van der Waals surface area contributed by atoms with E-state index in [0.717, 1.165) is 23.5 Å². The van der Waals surface area contributed by atoms with Crippen LogP contribution in [0.5, 0.6) is 0 Å². The van der Waals surface area contributed by atoms with Gasteiger partial charge >= 0.3 is 0 Å². The first-order valence-corrected chi connectivity index (χ1v) is 8.40. The molecule has 3 N–H and O–H groups in total. The van der Waals surface area contributed by atoms with Crippen LogP contribution in [0.2, 0.25) is 0 Å². The summed E-state index contributed by atoms with van der Waals surface area (Å²) in [5, 5.41) is 3.17. The van der Waals surface area contributed by atoms with Crippen molar-refractivity contribution >= 4 is 35.6 Å². The first-order chi connectivity index (χ1) is 12.3. The summed E-state index contributed by atoms with van der Waals surface area (Å²) < 4.78 is 1.86. The molecule has 0 fully saturated rings. The Kier molecular flexibility index (Phi) is 5.87. The van der Waals surface area contributed by atoms with Gasteiger partial charge in [-0.3, -0.25) is 4.57 Å². The van der Waals surface area contributed by atoms with Gasteiger partial charge in [0.2, 0.25) is 0 Å². The van der Waals surface area contributed by atoms with E-state index in [1.54, 1.807) is 12.5 Å². The molecule has 0 radical (unpaired) electrons. The van der Waals surface area contributed by atoms with Crippen LogP contribution in [0.15, 0.2) is 60.2 Å². The first-order valence-electron chi connectivity index (χ1n) is 8.40. The highest BCUT2D eigenvalue weighted by atomic mass is 127. The fraction of sp³-hybridized carbons (Fsp3) is 0.211. The van der Waals surface area contributed by atoms with E-state index in [1.165, 1.54) is 24.0 Å². The maximum atomic E-state index is 6.01. The van der Waals surface area contributed by atoms with Crippen molar-refractivity contribution in [3.05, 3.63) is 71.9 Å². The Morgan fingerprint density at radius 3 is 2.85 bits per heavy atom. The molecule has 0 amide bonds. The molecule has 2 aromatic heterocycles. The van der Waals surface area contributed by atoms with Crippen molar-refractivity contribution in [2.75, 3.05) is 5.32 Å². The summed E-state index contributed by atoms with van der Waals surface area (Å²) in [5.74, 6) is 1.24. The maximum Gasteiger partial charge on any atom is 0.193 e. The minimum absolute atomic E-state index is 0. The monoisotopic (exact) mass is 460 g/mol. The number of nitrogens with one attached hydrogen (secondary N) is 1. The Labute approximate surface area is 169 Å². The third kappa shape index (κ3) is 4.21. The van der Waals surface area contributed by atoms with Crippen LogP contribution in [0.1, 0.15) is 23.1 Å². The summed E-state index contributed by atoms with van der Waals surface area (Å²) in [6, 6.07) is 10.3. The van der Waals surface area contributed by atoms with Crippen molar-refractivity contribution in [1.82, 2.24) is 14.5 Å². The molecule has 0 unspecified atom stereocenters. The molecule has 1 aromatic carbocycles. The number of nitrogens with zero attached hydrogens (tertiary/aromatic N) is 4. The molecule has 1 aliphatic carbocycles. The molecule has 3 aromatic rings. The largest absolute Gasteiger partial charge is 0.370 e. The summed E-state index contributed by atoms with van der Waals surface area (Å²) in [5.41, 5.74) is 10.9. The SMILES string of the molecule is I.NC(=NCc1ccc(-n2ccnc2)nc1)Nc1ccc2c(c1)CCC2. The lowest BCUT2D eigenvalue weighted by atomic mass is 10.1. The van der Waals surface area contributed by atoms with Crippen molar-refractivity contribution in [1.29, 1.82) is 0 Å². The van der Waals surface area contributed by atoms with Crippen molar-refractivity contribution in [3.63, 3.8) is 0 Å². The van der Waals surface area contributed by atoms with Gasteiger partial charge in [0.15, 0.2) is 5.96 Å². The highest BCUT2D eigenvalue weighted by molar-refractivity contribution is 14.0. The average Bonchev–Trinajstić information content (AvgIpc) is 3.32. The van der Waals surface area contributed by atoms with Crippen LogP contribution in [-0.2, 0) is 19.4 Å². The van der Waals surface area contributed by atoms with Gasteiger partial charge in [-0.2, -0.15) is 0 Å². The van der Waals surface area contributed by atoms with Crippen LogP contribution in [0, 0.1) is 0 Å². The molecule has 134 valence electrons. The van der Waals surface area contributed by atoms with E-state index >= 15 is 0 Å². The van der Waals surface area contributed by atoms with Crippen LogP contribution in [0.4, 0.5) is 5.69 Å². The van der Waals surface area contributed by atoms with Crippen LogP contribution in [-0.4, -0.2) is 20.5 Å². The number of hydrogen-bond acceptors (Lipinski definition) is 3. The first kappa shape index (κ1) is 18.4. The zero-order valence-corrected chi connectivity index (χ0v) is 16.6. The Morgan fingerprint density at radius 1 is 1.19 bits per heavy atom. The van der Waals surface area contributed by atoms with E-state index in [1.807, 2.05) is 29.1 Å². The molecule has 2 heterocycles. The zero-order valence-electron chi connectivity index (χ0n) is 14.3. The van der Waals surface area contributed by atoms with Gasteiger partial charge < -0.3 is 11.1 Å². The van der Waals surface area contributed by atoms with Gasteiger partial charge in [0.1, 0.15) is 12.1 Å². The molecule has 0 spiro atoms. The Balaban J connectivity index is 0.00000196. The third-order valence-corrected chi connectivity index (χ3v) is 4.38. The van der Waals surface area contributed by atoms with E-state index in [4.69, 9.17) is 5.73 Å². The minimum atomic E-state index is 0. The highest BCUT2D eigenvalue weighted by Gasteiger charge is 2.10. The lowest BCUT2D eigenvalue weighted by Gasteiger charge is -2.08. The van der Waals surface area contributed by atoms with E-state index in [9.17, 15) is 0 Å². The van der Waals surface area contributed by atoms with Gasteiger partial charge in [-0.15, -0.1) is 24.0 Å². The molecule has 6 nitrogen and oxygen atoms in total. The van der Waals surface area contributed by atoms with Gasteiger partial charge in [0.25, 0.3) is 0 Å². The quantitative estimate of drug-likeness (QED) is 0.356. The predicted octanol–water partition coefficient (Wildman–Crippen LogP) is 3.30. The van der Waals surface area contributed by atoms with E-state index in [2.05, 4.69) is 38.5 Å². The molecule has 0 saturated carbocycles. The Hall–Kier alpha value is -2.42. The summed E-state index contributed by atoms with van der Waals surface area (Å²) in [7, 11) is 0. The van der Waals surface area contributed by atoms with Crippen molar-refractivity contribution in [2.45, 2.75) is 25.8 Å². The number of aryl methyl sites for hydroxylation is 2. The highest BCUT2D eigenvalue weighted by Crippen LogP contribution is 2.24. The maximum absolute atomic E-state index is 6.01. The number of anilines is 1. The average molecular weight is 460 g/mol. The van der Waals surface area contributed by atoms with E-state index in [0.29, 0.717) is 12.5 Å². The number of nitrogens with two attached hydrogens (primary N) is 1. The summed E-state index contributed by atoms with van der Waals surface area (Å²) >= 11 is 0. The minimum Gasteiger partial charge on any atom is -0.370 e. The molecule has 0 aliphatic heterocycles. The molecule has 0 atom stereocenters. The number of imidazole rings is 1. The normalized spacial score (nSPS) is 13.2. The van der Waals surface area contributed by atoms with E-state index < -0.39 is 0 Å². The molecule has 26 heavy (non-hydrogen) atoms. The Bertz CT molecular complexity index is 887. The number of rotatable bonds is 4. The summed E-state index contributed by atoms with van der Waals surface area (Å²) in [6.45, 7) is 0.487. The third-order valence-electron chi connectivity index (χ3n) is 4.38. The van der Waals surface area contributed by atoms with Crippen molar-refractivity contribution in [3.8, 4) is 5.82 Å². The number of aromatic nitrogens is 3. The molecule has 1 aliphatic rings. The van der Waals surface area contributed by atoms with Gasteiger partial charge in [-0.1, -0.05) is 12.1 Å². The van der Waals surface area contributed by atoms with E-state index in [-0.39, 0.29) is 24.0 Å². The van der Waals surface area contributed by atoms with Crippen molar-refractivity contribution in [2.24, 2.45) is 10.7 Å². The lowest BCUT2D eigenvalue weighted by molar-refractivity contribution is 0.912. The number of pyridine rings is 1. The number of hydrogen-bond donors (Lipinski definition) is 2. The number of guanidine groups is 1. The Morgan fingerprint density at radius 2 is 2.08 bits per heavy atom. The second-order valence-electron chi connectivity index (χ2n) is 6.16. The summed E-state index contributed by atoms with van der Waals surface area (Å²) in [6.07, 6.45) is 10.7. The topological polar surface area (TPSA) is 81.1 Å². The smallest absolute Gasteiger partial charge is 0.193 e. The van der Waals surface area contributed by atoms with Gasteiger partial charge in [0.05, 0.1) is 6.54 Å². The number of halogens is 1. The van der Waals surface area contributed by atoms with Crippen LogP contribution in [0.3, 0.4) is 0 Å². The molecular formula is C19H21IN6. The fourth-order valence-corrected chi connectivity index (χ4v) is 3.07. The van der Waals surface area contributed by atoms with Gasteiger partial charge in [0, 0.05) is 24.3 Å². The number of fused-ring (bicyclic) bond motifs is 1. The van der Waals surface area contributed by atoms with Crippen LogP contribution >= 0.6 is 24.0 Å². The zero-order chi connectivity index (χ0) is 17.1. The number of benzene rings is 1.